The Morgan fingerprint density at radius 3 is 2.77 bits per heavy atom. The predicted octanol–water partition coefficient (Wildman–Crippen LogP) is 3.11. The van der Waals surface area contributed by atoms with Gasteiger partial charge in [-0.15, -0.1) is 10.2 Å². The first kappa shape index (κ1) is 16.7. The first-order valence-electron chi connectivity index (χ1n) is 8.95. The molecule has 4 rings (SSSR count). The van der Waals surface area contributed by atoms with Crippen LogP contribution in [0.25, 0.3) is 11.5 Å². The van der Waals surface area contributed by atoms with E-state index in [4.69, 9.17) is 4.42 Å². The highest BCUT2D eigenvalue weighted by Gasteiger charge is 2.21. The molecule has 1 aromatic carbocycles. The fourth-order valence-electron chi connectivity index (χ4n) is 3.28. The molecule has 0 saturated carbocycles. The van der Waals surface area contributed by atoms with Crippen molar-refractivity contribution >= 4 is 0 Å². The van der Waals surface area contributed by atoms with Crippen LogP contribution in [0, 0.1) is 0 Å². The molecule has 0 radical (unpaired) electrons. The lowest BCUT2D eigenvalue weighted by atomic mass is 10.0. The summed E-state index contributed by atoms with van der Waals surface area (Å²) in [5, 5.41) is 8.09. The zero-order valence-electron chi connectivity index (χ0n) is 15.0. The predicted molar refractivity (Wildman–Crippen MR) is 98.7 cm³/mol. The summed E-state index contributed by atoms with van der Waals surface area (Å²) in [6.45, 7) is 6.58. The number of hydrogen-bond acceptors (Lipinski definition) is 5. The monoisotopic (exact) mass is 350 g/mol. The van der Waals surface area contributed by atoms with E-state index in [9.17, 15) is 4.79 Å². The summed E-state index contributed by atoms with van der Waals surface area (Å²) in [6, 6.07) is 12.3. The Morgan fingerprint density at radius 1 is 1.23 bits per heavy atom. The van der Waals surface area contributed by atoms with Crippen LogP contribution in [0.2, 0.25) is 0 Å². The number of fused-ring (bicyclic) bond motifs is 1. The summed E-state index contributed by atoms with van der Waals surface area (Å²) in [5.74, 6) is 0.968. The lowest BCUT2D eigenvalue weighted by molar-refractivity contribution is 0.243. The summed E-state index contributed by atoms with van der Waals surface area (Å²) in [5.41, 5.74) is 3.70. The summed E-state index contributed by atoms with van der Waals surface area (Å²) in [7, 11) is 0. The maximum Gasteiger partial charge on any atom is 0.260 e. The summed E-state index contributed by atoms with van der Waals surface area (Å²) in [4.78, 5) is 17.8. The largest absolute Gasteiger partial charge is 0.420 e. The minimum Gasteiger partial charge on any atom is -0.420 e. The van der Waals surface area contributed by atoms with Crippen molar-refractivity contribution in [2.75, 3.05) is 6.54 Å². The molecule has 1 aliphatic rings. The van der Waals surface area contributed by atoms with Crippen LogP contribution in [0.1, 0.15) is 42.5 Å². The van der Waals surface area contributed by atoms with Gasteiger partial charge in [-0.1, -0.05) is 44.2 Å². The van der Waals surface area contributed by atoms with Gasteiger partial charge in [0.1, 0.15) is 5.56 Å². The van der Waals surface area contributed by atoms with Gasteiger partial charge >= 0.3 is 0 Å². The Kier molecular flexibility index (Phi) is 4.42. The average molecular weight is 350 g/mol. The molecule has 3 aromatic rings. The first-order chi connectivity index (χ1) is 12.6. The zero-order chi connectivity index (χ0) is 18.1. The maximum absolute atomic E-state index is 12.4. The van der Waals surface area contributed by atoms with E-state index in [1.165, 1.54) is 5.56 Å². The molecule has 134 valence electrons. The van der Waals surface area contributed by atoms with Crippen molar-refractivity contribution in [2.24, 2.45) is 0 Å². The third kappa shape index (κ3) is 3.32. The molecule has 1 N–H and O–H groups in total. The number of aromatic nitrogens is 3. The molecule has 0 amide bonds. The lowest BCUT2D eigenvalue weighted by Crippen LogP contribution is -2.32. The number of pyridine rings is 1. The van der Waals surface area contributed by atoms with Gasteiger partial charge in [0.2, 0.25) is 5.89 Å². The molecule has 6 nitrogen and oxygen atoms in total. The van der Waals surface area contributed by atoms with E-state index in [0.29, 0.717) is 11.5 Å². The van der Waals surface area contributed by atoms with Crippen molar-refractivity contribution in [1.29, 1.82) is 0 Å². The maximum atomic E-state index is 12.4. The smallest absolute Gasteiger partial charge is 0.260 e. The highest BCUT2D eigenvalue weighted by Crippen LogP contribution is 2.23. The van der Waals surface area contributed by atoms with E-state index in [2.05, 4.69) is 44.3 Å². The number of hydrogen-bond donors (Lipinski definition) is 1. The Morgan fingerprint density at radius 2 is 2.04 bits per heavy atom. The van der Waals surface area contributed by atoms with Crippen molar-refractivity contribution in [2.45, 2.75) is 39.3 Å². The topological polar surface area (TPSA) is 75.0 Å². The van der Waals surface area contributed by atoms with E-state index in [1.54, 1.807) is 0 Å². The van der Waals surface area contributed by atoms with Crippen LogP contribution >= 0.6 is 0 Å². The van der Waals surface area contributed by atoms with Gasteiger partial charge in [0.15, 0.2) is 0 Å². The molecule has 2 aromatic heterocycles. The normalized spacial score (nSPS) is 14.6. The molecule has 0 saturated heterocycles. The number of nitrogens with one attached hydrogen (secondary N) is 1. The Bertz CT molecular complexity index is 959. The van der Waals surface area contributed by atoms with Crippen LogP contribution in [-0.2, 0) is 19.5 Å². The van der Waals surface area contributed by atoms with Gasteiger partial charge in [-0.05, 0) is 17.2 Å². The van der Waals surface area contributed by atoms with E-state index in [-0.39, 0.29) is 17.4 Å². The minimum absolute atomic E-state index is 0.134. The van der Waals surface area contributed by atoms with Crippen LogP contribution in [-0.4, -0.2) is 26.6 Å². The number of rotatable bonds is 4. The second-order valence-electron chi connectivity index (χ2n) is 7.06. The second kappa shape index (κ2) is 6.88. The number of benzene rings is 1. The third-order valence-electron chi connectivity index (χ3n) is 4.70. The third-order valence-corrected chi connectivity index (χ3v) is 4.70. The molecular formula is C20H22N4O2. The molecule has 0 unspecified atom stereocenters. The van der Waals surface area contributed by atoms with Gasteiger partial charge in [0, 0.05) is 37.7 Å². The highest BCUT2D eigenvalue weighted by atomic mass is 16.4. The van der Waals surface area contributed by atoms with E-state index < -0.39 is 0 Å². The Hall–Kier alpha value is -2.73. The molecular weight excluding hydrogens is 328 g/mol. The second-order valence-corrected chi connectivity index (χ2v) is 7.06. The number of aromatic amines is 1. The average Bonchev–Trinajstić information content (AvgIpc) is 3.12. The van der Waals surface area contributed by atoms with Crippen LogP contribution < -0.4 is 5.56 Å². The SMILES string of the molecule is CC(C)c1nnc(-c2cc3c([nH]c2=O)CCN(Cc2ccccc2)C3)o1. The van der Waals surface area contributed by atoms with Gasteiger partial charge in [-0.2, -0.15) is 0 Å². The number of nitrogens with zero attached hydrogens (tertiary/aromatic N) is 3. The van der Waals surface area contributed by atoms with Crippen LogP contribution in [0.15, 0.2) is 45.6 Å². The fraction of sp³-hybridized carbons (Fsp3) is 0.350. The standard InChI is InChI=1S/C20H22N4O2/c1-13(2)19-22-23-20(26-19)16-10-15-12-24(9-8-17(15)21-18(16)25)11-14-6-4-3-5-7-14/h3-7,10,13H,8-9,11-12H2,1-2H3,(H,21,25). The van der Waals surface area contributed by atoms with Crippen molar-refractivity contribution in [3.05, 3.63) is 69.5 Å². The van der Waals surface area contributed by atoms with E-state index in [0.717, 1.165) is 37.3 Å². The van der Waals surface area contributed by atoms with Crippen LogP contribution in [0.5, 0.6) is 0 Å². The van der Waals surface area contributed by atoms with Gasteiger partial charge in [0.05, 0.1) is 0 Å². The quantitative estimate of drug-likeness (QED) is 0.782. The van der Waals surface area contributed by atoms with Gasteiger partial charge in [-0.25, -0.2) is 0 Å². The Balaban J connectivity index is 1.60. The van der Waals surface area contributed by atoms with E-state index in [1.807, 2.05) is 26.0 Å². The van der Waals surface area contributed by atoms with Gasteiger partial charge < -0.3 is 9.40 Å². The van der Waals surface area contributed by atoms with Crippen LogP contribution in [0.3, 0.4) is 0 Å². The molecule has 0 atom stereocenters. The Labute approximate surface area is 151 Å². The fourth-order valence-corrected chi connectivity index (χ4v) is 3.28. The highest BCUT2D eigenvalue weighted by molar-refractivity contribution is 5.53. The van der Waals surface area contributed by atoms with Crippen molar-refractivity contribution in [3.63, 3.8) is 0 Å². The minimum atomic E-state index is -0.167. The molecule has 0 fully saturated rings. The summed E-state index contributed by atoms with van der Waals surface area (Å²) in [6.07, 6.45) is 0.832. The number of H-pyrrole nitrogens is 1. The lowest BCUT2D eigenvalue weighted by Gasteiger charge is -2.28. The molecule has 3 heterocycles. The van der Waals surface area contributed by atoms with Gasteiger partial charge in [-0.3, -0.25) is 9.69 Å². The summed E-state index contributed by atoms with van der Waals surface area (Å²) < 4.78 is 5.67. The molecule has 6 heteroatoms. The molecule has 0 spiro atoms. The molecule has 0 bridgehead atoms. The molecule has 1 aliphatic heterocycles. The van der Waals surface area contributed by atoms with Crippen molar-refractivity contribution in [1.82, 2.24) is 20.1 Å². The summed E-state index contributed by atoms with van der Waals surface area (Å²) >= 11 is 0. The first-order valence-corrected chi connectivity index (χ1v) is 8.95. The zero-order valence-corrected chi connectivity index (χ0v) is 15.0. The molecule has 0 aliphatic carbocycles. The van der Waals surface area contributed by atoms with E-state index >= 15 is 0 Å². The van der Waals surface area contributed by atoms with Gasteiger partial charge in [0.25, 0.3) is 11.4 Å². The molecule has 26 heavy (non-hydrogen) atoms. The van der Waals surface area contributed by atoms with Crippen LogP contribution in [0.4, 0.5) is 0 Å². The van der Waals surface area contributed by atoms with Crippen molar-refractivity contribution < 1.29 is 4.42 Å². The van der Waals surface area contributed by atoms with Crippen molar-refractivity contribution in [3.8, 4) is 11.5 Å².